The Hall–Kier alpha value is -3.12. The summed E-state index contributed by atoms with van der Waals surface area (Å²) in [5.41, 5.74) is 0.916. The second-order valence-electron chi connectivity index (χ2n) is 6.81. The molecule has 144 valence electrons. The molecule has 1 saturated heterocycles. The van der Waals surface area contributed by atoms with Gasteiger partial charge < -0.3 is 14.8 Å². The van der Waals surface area contributed by atoms with Crippen molar-refractivity contribution in [2.24, 2.45) is 0 Å². The second-order valence-corrected chi connectivity index (χ2v) is 6.81. The van der Waals surface area contributed by atoms with Gasteiger partial charge in [-0.1, -0.05) is 24.3 Å². The van der Waals surface area contributed by atoms with Crippen LogP contribution in [0.3, 0.4) is 0 Å². The molecule has 1 N–H and O–H groups in total. The molecule has 1 aromatic heterocycles. The standard InChI is InChI=1S/C22H22N2O4/c1-27-16-7-4-6-15(12-16)24-14-20(18-9-2-3-10-19(18)22(24)26)21(25)23-13-17-8-5-11-28-17/h2-4,6-7,9-10,12,14,17H,5,8,11,13H2,1H3,(H,23,25)/t17-/m1/s1. The van der Waals surface area contributed by atoms with Crippen LogP contribution in [-0.4, -0.2) is 36.8 Å². The number of pyridine rings is 1. The highest BCUT2D eigenvalue weighted by Crippen LogP contribution is 2.20. The Bertz CT molecular complexity index is 1070. The number of rotatable bonds is 5. The molecule has 2 aromatic carbocycles. The molecule has 0 saturated carbocycles. The first-order valence-corrected chi connectivity index (χ1v) is 9.36. The molecular weight excluding hydrogens is 356 g/mol. The number of hydrogen-bond donors (Lipinski definition) is 1. The third-order valence-corrected chi connectivity index (χ3v) is 5.02. The Morgan fingerprint density at radius 3 is 2.79 bits per heavy atom. The lowest BCUT2D eigenvalue weighted by Gasteiger charge is -2.15. The Labute approximate surface area is 162 Å². The van der Waals surface area contributed by atoms with E-state index in [2.05, 4.69) is 5.32 Å². The molecule has 0 radical (unpaired) electrons. The van der Waals surface area contributed by atoms with Crippen molar-refractivity contribution in [1.82, 2.24) is 9.88 Å². The van der Waals surface area contributed by atoms with E-state index in [0.717, 1.165) is 19.4 Å². The summed E-state index contributed by atoms with van der Waals surface area (Å²) in [6.07, 6.45) is 3.62. The minimum absolute atomic E-state index is 0.0551. The van der Waals surface area contributed by atoms with E-state index in [1.54, 1.807) is 37.6 Å². The smallest absolute Gasteiger partial charge is 0.262 e. The van der Waals surface area contributed by atoms with E-state index in [1.165, 1.54) is 4.57 Å². The molecular formula is C22H22N2O4. The number of aromatic nitrogens is 1. The van der Waals surface area contributed by atoms with E-state index in [1.807, 2.05) is 24.3 Å². The van der Waals surface area contributed by atoms with Crippen molar-refractivity contribution in [2.75, 3.05) is 20.3 Å². The SMILES string of the molecule is COc1cccc(-n2cc(C(=O)NC[C@H]3CCCO3)c3ccccc3c2=O)c1. The molecule has 1 amide bonds. The molecule has 28 heavy (non-hydrogen) atoms. The third kappa shape index (κ3) is 3.51. The van der Waals surface area contributed by atoms with Crippen LogP contribution in [0.4, 0.5) is 0 Å². The van der Waals surface area contributed by atoms with Crippen molar-refractivity contribution in [2.45, 2.75) is 18.9 Å². The molecule has 0 spiro atoms. The maximum atomic E-state index is 13.0. The number of methoxy groups -OCH3 is 1. The van der Waals surface area contributed by atoms with Crippen molar-refractivity contribution in [3.05, 3.63) is 70.6 Å². The molecule has 6 nitrogen and oxygen atoms in total. The number of fused-ring (bicyclic) bond motifs is 1. The molecule has 6 heteroatoms. The fraction of sp³-hybridized carbons (Fsp3) is 0.273. The van der Waals surface area contributed by atoms with Crippen molar-refractivity contribution in [3.8, 4) is 11.4 Å². The average molecular weight is 378 g/mol. The molecule has 0 unspecified atom stereocenters. The fourth-order valence-electron chi connectivity index (χ4n) is 3.53. The molecule has 1 fully saturated rings. The van der Waals surface area contributed by atoms with Gasteiger partial charge in [0.15, 0.2) is 0 Å². The van der Waals surface area contributed by atoms with Crippen LogP contribution >= 0.6 is 0 Å². The van der Waals surface area contributed by atoms with Gasteiger partial charge in [0.05, 0.1) is 24.5 Å². The Balaban J connectivity index is 1.77. The van der Waals surface area contributed by atoms with Crippen LogP contribution in [-0.2, 0) is 4.74 Å². The van der Waals surface area contributed by atoms with Crippen molar-refractivity contribution in [3.63, 3.8) is 0 Å². The summed E-state index contributed by atoms with van der Waals surface area (Å²) >= 11 is 0. The Kier molecular flexibility index (Phi) is 5.12. The highest BCUT2D eigenvalue weighted by molar-refractivity contribution is 6.06. The van der Waals surface area contributed by atoms with Crippen molar-refractivity contribution < 1.29 is 14.3 Å². The predicted molar refractivity (Wildman–Crippen MR) is 107 cm³/mol. The Morgan fingerprint density at radius 2 is 2.04 bits per heavy atom. The van der Waals surface area contributed by atoms with E-state index in [4.69, 9.17) is 9.47 Å². The number of ether oxygens (including phenoxy) is 2. The van der Waals surface area contributed by atoms with Crippen LogP contribution in [0.5, 0.6) is 5.75 Å². The van der Waals surface area contributed by atoms with Crippen molar-refractivity contribution in [1.29, 1.82) is 0 Å². The van der Waals surface area contributed by atoms with E-state index >= 15 is 0 Å². The zero-order valence-corrected chi connectivity index (χ0v) is 15.7. The lowest BCUT2D eigenvalue weighted by molar-refractivity contribution is 0.0858. The van der Waals surface area contributed by atoms with Gasteiger partial charge in [-0.15, -0.1) is 0 Å². The van der Waals surface area contributed by atoms with Gasteiger partial charge in [-0.2, -0.15) is 0 Å². The fourth-order valence-corrected chi connectivity index (χ4v) is 3.53. The van der Waals surface area contributed by atoms with Gasteiger partial charge in [-0.05, 0) is 31.0 Å². The van der Waals surface area contributed by atoms with Crippen LogP contribution < -0.4 is 15.6 Å². The number of nitrogens with one attached hydrogen (secondary N) is 1. The summed E-state index contributed by atoms with van der Waals surface area (Å²) in [6.45, 7) is 1.20. The van der Waals surface area contributed by atoms with E-state index in [0.29, 0.717) is 34.3 Å². The van der Waals surface area contributed by atoms with Gasteiger partial charge in [0.25, 0.3) is 11.5 Å². The lowest BCUT2D eigenvalue weighted by Crippen LogP contribution is -2.33. The van der Waals surface area contributed by atoms with E-state index in [9.17, 15) is 9.59 Å². The summed E-state index contributed by atoms with van der Waals surface area (Å²) in [6, 6.07) is 14.4. The molecule has 3 aromatic rings. The quantitative estimate of drug-likeness (QED) is 0.741. The van der Waals surface area contributed by atoms with Crippen LogP contribution in [0.2, 0.25) is 0 Å². The maximum Gasteiger partial charge on any atom is 0.262 e. The number of nitrogens with zero attached hydrogens (tertiary/aromatic N) is 1. The maximum absolute atomic E-state index is 13.0. The number of hydrogen-bond acceptors (Lipinski definition) is 4. The van der Waals surface area contributed by atoms with Gasteiger partial charge in [-0.3, -0.25) is 14.2 Å². The first kappa shape index (κ1) is 18.3. The zero-order chi connectivity index (χ0) is 19.5. The van der Waals surface area contributed by atoms with Crippen LogP contribution in [0, 0.1) is 0 Å². The van der Waals surface area contributed by atoms with Crippen molar-refractivity contribution >= 4 is 16.7 Å². The molecule has 2 heterocycles. The lowest BCUT2D eigenvalue weighted by atomic mass is 10.1. The highest BCUT2D eigenvalue weighted by Gasteiger charge is 2.19. The number of carbonyl (C=O) groups excluding carboxylic acids is 1. The van der Waals surface area contributed by atoms with Crippen LogP contribution in [0.15, 0.2) is 59.5 Å². The van der Waals surface area contributed by atoms with Gasteiger partial charge in [0.1, 0.15) is 5.75 Å². The summed E-state index contributed by atoms with van der Waals surface area (Å²) < 4.78 is 12.3. The van der Waals surface area contributed by atoms with Gasteiger partial charge in [0, 0.05) is 36.2 Å². The normalized spacial score (nSPS) is 16.2. The Morgan fingerprint density at radius 1 is 1.21 bits per heavy atom. The first-order valence-electron chi connectivity index (χ1n) is 9.36. The topological polar surface area (TPSA) is 69.6 Å². The molecule has 1 aliphatic rings. The summed E-state index contributed by atoms with van der Waals surface area (Å²) in [4.78, 5) is 26.0. The third-order valence-electron chi connectivity index (χ3n) is 5.02. The van der Waals surface area contributed by atoms with Gasteiger partial charge in [-0.25, -0.2) is 0 Å². The molecule has 4 rings (SSSR count). The largest absolute Gasteiger partial charge is 0.497 e. The molecule has 0 bridgehead atoms. The monoisotopic (exact) mass is 378 g/mol. The number of benzene rings is 2. The predicted octanol–water partition coefficient (Wildman–Crippen LogP) is 2.91. The van der Waals surface area contributed by atoms with E-state index in [-0.39, 0.29) is 17.6 Å². The average Bonchev–Trinajstić information content (AvgIpc) is 3.26. The van der Waals surface area contributed by atoms with Gasteiger partial charge in [0.2, 0.25) is 0 Å². The molecule has 0 aliphatic carbocycles. The molecule has 1 atom stereocenters. The zero-order valence-electron chi connectivity index (χ0n) is 15.7. The summed E-state index contributed by atoms with van der Waals surface area (Å²) in [5, 5.41) is 4.08. The highest BCUT2D eigenvalue weighted by atomic mass is 16.5. The number of amides is 1. The van der Waals surface area contributed by atoms with Gasteiger partial charge >= 0.3 is 0 Å². The summed E-state index contributed by atoms with van der Waals surface area (Å²) in [5.74, 6) is 0.422. The first-order chi connectivity index (χ1) is 13.7. The van der Waals surface area contributed by atoms with Crippen LogP contribution in [0.25, 0.3) is 16.5 Å². The minimum atomic E-state index is -0.219. The number of carbonyl (C=O) groups is 1. The van der Waals surface area contributed by atoms with Crippen LogP contribution in [0.1, 0.15) is 23.2 Å². The second kappa shape index (κ2) is 7.86. The molecule has 1 aliphatic heterocycles. The van der Waals surface area contributed by atoms with E-state index < -0.39 is 0 Å². The minimum Gasteiger partial charge on any atom is -0.497 e. The summed E-state index contributed by atoms with van der Waals surface area (Å²) in [7, 11) is 1.58.